The number of aromatic nitrogens is 2. The highest BCUT2D eigenvalue weighted by Gasteiger charge is 2.24. The molecular weight excluding hydrogens is 408 g/mol. The summed E-state index contributed by atoms with van der Waals surface area (Å²) in [5, 5.41) is 0.405. The molecular formula is C17H21ClN4O5S. The molecule has 1 aliphatic rings. The molecule has 0 bridgehead atoms. The first-order valence-corrected chi connectivity index (χ1v) is 10.3. The second kappa shape index (κ2) is 8.38. The van der Waals surface area contributed by atoms with Gasteiger partial charge in [-0.3, -0.25) is 4.72 Å². The van der Waals surface area contributed by atoms with Crippen LogP contribution in [0, 0.1) is 0 Å². The number of likely N-dealkylation sites (tertiary alicyclic amines) is 1. The standard InChI is InChI=1S/C17H21ClN4O5S/c1-22-7-6-12(10-22)27-14-8-11(4-5-13(14)18)21-28(23,24)15-9-19-17(26-3)20-16(15)25-2/h4-5,8-9,12,21H,6-7,10H2,1-3H3/t12-/m1/s1. The van der Waals surface area contributed by atoms with E-state index in [0.29, 0.717) is 16.5 Å². The number of ether oxygens (including phenoxy) is 3. The van der Waals surface area contributed by atoms with Crippen LogP contribution in [0.3, 0.4) is 0 Å². The highest BCUT2D eigenvalue weighted by Crippen LogP contribution is 2.32. The molecule has 3 rings (SSSR count). The number of likely N-dealkylation sites (N-methyl/N-ethyl adjacent to an activating group) is 1. The Morgan fingerprint density at radius 1 is 1.29 bits per heavy atom. The predicted molar refractivity (Wildman–Crippen MR) is 104 cm³/mol. The van der Waals surface area contributed by atoms with E-state index >= 15 is 0 Å². The van der Waals surface area contributed by atoms with Gasteiger partial charge in [-0.25, -0.2) is 13.4 Å². The van der Waals surface area contributed by atoms with Gasteiger partial charge in [-0.2, -0.15) is 4.98 Å². The molecule has 1 saturated heterocycles. The number of benzene rings is 1. The normalized spacial score (nSPS) is 17.4. The van der Waals surface area contributed by atoms with E-state index in [1.54, 1.807) is 18.2 Å². The fourth-order valence-corrected chi connectivity index (χ4v) is 4.07. The molecule has 152 valence electrons. The number of methoxy groups -OCH3 is 2. The number of hydrogen-bond donors (Lipinski definition) is 1. The van der Waals surface area contributed by atoms with Crippen molar-refractivity contribution >= 4 is 27.3 Å². The van der Waals surface area contributed by atoms with Crippen molar-refractivity contribution in [3.8, 4) is 17.6 Å². The lowest BCUT2D eigenvalue weighted by Gasteiger charge is -2.16. The highest BCUT2D eigenvalue weighted by atomic mass is 35.5. The minimum Gasteiger partial charge on any atom is -0.487 e. The summed E-state index contributed by atoms with van der Waals surface area (Å²) in [4.78, 5) is 9.67. The molecule has 2 aromatic rings. The lowest BCUT2D eigenvalue weighted by atomic mass is 10.3. The van der Waals surface area contributed by atoms with Crippen molar-refractivity contribution in [2.45, 2.75) is 17.4 Å². The summed E-state index contributed by atoms with van der Waals surface area (Å²) in [6.07, 6.45) is 2.00. The molecule has 0 radical (unpaired) electrons. The molecule has 0 saturated carbocycles. The first-order chi connectivity index (χ1) is 13.3. The third-order valence-corrected chi connectivity index (χ3v) is 5.87. The maximum absolute atomic E-state index is 12.8. The zero-order valence-electron chi connectivity index (χ0n) is 15.7. The van der Waals surface area contributed by atoms with E-state index in [1.807, 2.05) is 7.05 Å². The number of hydrogen-bond acceptors (Lipinski definition) is 8. The van der Waals surface area contributed by atoms with E-state index < -0.39 is 10.0 Å². The Morgan fingerprint density at radius 3 is 2.71 bits per heavy atom. The second-order valence-corrected chi connectivity index (χ2v) is 8.33. The third-order valence-electron chi connectivity index (χ3n) is 4.19. The molecule has 1 aliphatic heterocycles. The summed E-state index contributed by atoms with van der Waals surface area (Å²) in [6, 6.07) is 4.67. The van der Waals surface area contributed by atoms with E-state index in [0.717, 1.165) is 25.7 Å². The Balaban J connectivity index is 1.83. The second-order valence-electron chi connectivity index (χ2n) is 6.27. The minimum absolute atomic E-state index is 0.000453. The average Bonchev–Trinajstić information content (AvgIpc) is 3.08. The van der Waals surface area contributed by atoms with Crippen LogP contribution in [0.15, 0.2) is 29.3 Å². The fraction of sp³-hybridized carbons (Fsp3) is 0.412. The van der Waals surface area contributed by atoms with Crippen molar-refractivity contribution < 1.29 is 22.6 Å². The number of nitrogens with zero attached hydrogens (tertiary/aromatic N) is 3. The molecule has 0 spiro atoms. The van der Waals surface area contributed by atoms with Gasteiger partial charge in [0.25, 0.3) is 10.0 Å². The zero-order valence-corrected chi connectivity index (χ0v) is 17.2. The van der Waals surface area contributed by atoms with E-state index in [1.165, 1.54) is 14.2 Å². The van der Waals surface area contributed by atoms with E-state index in [9.17, 15) is 8.42 Å². The van der Waals surface area contributed by atoms with Gasteiger partial charge in [0.15, 0.2) is 4.90 Å². The van der Waals surface area contributed by atoms with E-state index in [4.69, 9.17) is 25.8 Å². The number of rotatable bonds is 7. The van der Waals surface area contributed by atoms with Crippen LogP contribution in [0.1, 0.15) is 6.42 Å². The quantitative estimate of drug-likeness (QED) is 0.714. The number of sulfonamides is 1. The van der Waals surface area contributed by atoms with Gasteiger partial charge < -0.3 is 19.1 Å². The summed E-state index contributed by atoms with van der Waals surface area (Å²) in [5.74, 6) is 0.291. The molecule has 1 aromatic carbocycles. The van der Waals surface area contributed by atoms with Gasteiger partial charge in [0.05, 0.1) is 31.1 Å². The van der Waals surface area contributed by atoms with Crippen molar-refractivity contribution in [2.75, 3.05) is 39.1 Å². The average molecular weight is 429 g/mol. The Morgan fingerprint density at radius 2 is 2.07 bits per heavy atom. The molecule has 0 amide bonds. The Hall–Kier alpha value is -2.30. The lowest BCUT2D eigenvalue weighted by molar-refractivity contribution is 0.208. The van der Waals surface area contributed by atoms with Gasteiger partial charge in [0.2, 0.25) is 5.88 Å². The fourth-order valence-electron chi connectivity index (χ4n) is 2.81. The molecule has 1 fully saturated rings. The Kier molecular flexibility index (Phi) is 6.11. The molecule has 11 heteroatoms. The van der Waals surface area contributed by atoms with Gasteiger partial charge in [-0.1, -0.05) is 11.6 Å². The zero-order chi connectivity index (χ0) is 20.3. The minimum atomic E-state index is -4.01. The number of halogens is 1. The van der Waals surface area contributed by atoms with Crippen molar-refractivity contribution in [1.29, 1.82) is 0 Å². The predicted octanol–water partition coefficient (Wildman–Crippen LogP) is 2.03. The third kappa shape index (κ3) is 4.57. The summed E-state index contributed by atoms with van der Waals surface area (Å²) in [7, 11) is 0.691. The first-order valence-electron chi connectivity index (χ1n) is 8.45. The van der Waals surface area contributed by atoms with Crippen molar-refractivity contribution in [1.82, 2.24) is 14.9 Å². The van der Waals surface area contributed by atoms with Crippen LogP contribution in [0.5, 0.6) is 17.6 Å². The van der Waals surface area contributed by atoms with E-state index in [-0.39, 0.29) is 22.9 Å². The van der Waals surface area contributed by atoms with Crippen LogP contribution in [-0.4, -0.2) is 63.7 Å². The van der Waals surface area contributed by atoms with Gasteiger partial charge in [-0.05, 0) is 25.6 Å². The maximum atomic E-state index is 12.8. The van der Waals surface area contributed by atoms with Crippen LogP contribution in [0.25, 0.3) is 0 Å². The van der Waals surface area contributed by atoms with Crippen molar-refractivity contribution in [3.63, 3.8) is 0 Å². The molecule has 2 heterocycles. The number of nitrogens with one attached hydrogen (secondary N) is 1. The summed E-state index contributed by atoms with van der Waals surface area (Å²) in [6.45, 7) is 1.72. The Labute approximate surface area is 168 Å². The SMILES string of the molecule is COc1ncc(S(=O)(=O)Nc2ccc(Cl)c(O[C@@H]3CCN(C)C3)c2)c(OC)n1. The summed E-state index contributed by atoms with van der Waals surface area (Å²) >= 11 is 6.21. The molecule has 1 atom stereocenters. The largest absolute Gasteiger partial charge is 0.487 e. The molecule has 9 nitrogen and oxygen atoms in total. The monoisotopic (exact) mass is 428 g/mol. The molecule has 0 unspecified atom stereocenters. The maximum Gasteiger partial charge on any atom is 0.319 e. The topological polar surface area (TPSA) is 103 Å². The molecule has 1 aromatic heterocycles. The molecule has 1 N–H and O–H groups in total. The lowest BCUT2D eigenvalue weighted by Crippen LogP contribution is -2.21. The first kappa shape index (κ1) is 20.4. The van der Waals surface area contributed by atoms with Crippen LogP contribution in [-0.2, 0) is 10.0 Å². The summed E-state index contributed by atoms with van der Waals surface area (Å²) in [5.41, 5.74) is 0.295. The Bertz CT molecular complexity index is 957. The van der Waals surface area contributed by atoms with Gasteiger partial charge in [0, 0.05) is 19.2 Å². The van der Waals surface area contributed by atoms with Crippen LogP contribution in [0.2, 0.25) is 5.02 Å². The van der Waals surface area contributed by atoms with Crippen molar-refractivity contribution in [2.24, 2.45) is 0 Å². The molecule has 0 aliphatic carbocycles. The van der Waals surface area contributed by atoms with Crippen LogP contribution in [0.4, 0.5) is 5.69 Å². The smallest absolute Gasteiger partial charge is 0.319 e. The van der Waals surface area contributed by atoms with Gasteiger partial charge >= 0.3 is 6.01 Å². The highest BCUT2D eigenvalue weighted by molar-refractivity contribution is 7.92. The molecule has 28 heavy (non-hydrogen) atoms. The number of anilines is 1. The van der Waals surface area contributed by atoms with E-state index in [2.05, 4.69) is 19.6 Å². The van der Waals surface area contributed by atoms with Crippen LogP contribution >= 0.6 is 11.6 Å². The van der Waals surface area contributed by atoms with Gasteiger partial charge in [0.1, 0.15) is 11.9 Å². The summed E-state index contributed by atoms with van der Waals surface area (Å²) < 4.78 is 43.9. The van der Waals surface area contributed by atoms with Gasteiger partial charge in [-0.15, -0.1) is 0 Å². The van der Waals surface area contributed by atoms with Crippen molar-refractivity contribution in [3.05, 3.63) is 29.4 Å². The van der Waals surface area contributed by atoms with Crippen LogP contribution < -0.4 is 18.9 Å².